The maximum Gasteiger partial charge on any atom is 0.272 e. The summed E-state index contributed by atoms with van der Waals surface area (Å²) in [5.41, 5.74) is 2.36. The van der Waals surface area contributed by atoms with Crippen molar-refractivity contribution in [2.45, 2.75) is 19.4 Å². The van der Waals surface area contributed by atoms with Crippen LogP contribution in [-0.4, -0.2) is 44.8 Å². The number of halogens is 1. The average Bonchev–Trinajstić information content (AvgIpc) is 3.36. The summed E-state index contributed by atoms with van der Waals surface area (Å²) in [5.74, 6) is 0.0253. The molecule has 1 aromatic carbocycles. The van der Waals surface area contributed by atoms with Gasteiger partial charge in [-0.25, -0.2) is 4.39 Å². The Hall–Kier alpha value is -3.42. The minimum atomic E-state index is -0.324. The van der Waals surface area contributed by atoms with E-state index in [1.165, 1.54) is 18.2 Å². The number of nitrogens with zero attached hydrogens (tertiary/aromatic N) is 3. The molecule has 1 amide bonds. The van der Waals surface area contributed by atoms with Gasteiger partial charge in [-0.15, -0.1) is 0 Å². The number of H-pyrrole nitrogens is 1. The van der Waals surface area contributed by atoms with Crippen LogP contribution in [0.5, 0.6) is 5.75 Å². The molecule has 29 heavy (non-hydrogen) atoms. The second-order valence-electron chi connectivity index (χ2n) is 7.18. The summed E-state index contributed by atoms with van der Waals surface area (Å²) >= 11 is 0. The molecule has 1 unspecified atom stereocenters. The van der Waals surface area contributed by atoms with Crippen LogP contribution in [0.3, 0.4) is 0 Å². The summed E-state index contributed by atoms with van der Waals surface area (Å²) in [4.78, 5) is 26.4. The third-order valence-corrected chi connectivity index (χ3v) is 5.16. The fourth-order valence-electron chi connectivity index (χ4n) is 3.38. The molecule has 1 N–H and O–H groups in total. The van der Waals surface area contributed by atoms with Gasteiger partial charge in [-0.05, 0) is 43.3 Å². The van der Waals surface area contributed by atoms with Crippen LogP contribution in [-0.2, 0) is 7.05 Å². The first-order chi connectivity index (χ1) is 13.9. The Morgan fingerprint density at radius 1 is 1.24 bits per heavy atom. The summed E-state index contributed by atoms with van der Waals surface area (Å²) in [7, 11) is 1.71. The van der Waals surface area contributed by atoms with Crippen LogP contribution >= 0.6 is 0 Å². The molecule has 0 bridgehead atoms. The van der Waals surface area contributed by atoms with E-state index in [0.29, 0.717) is 36.6 Å². The zero-order valence-electron chi connectivity index (χ0n) is 16.2. The van der Waals surface area contributed by atoms with E-state index in [2.05, 4.69) is 10.2 Å². The van der Waals surface area contributed by atoms with Crippen molar-refractivity contribution in [1.82, 2.24) is 19.7 Å². The van der Waals surface area contributed by atoms with Crippen molar-refractivity contribution in [2.24, 2.45) is 7.05 Å². The highest BCUT2D eigenvalue weighted by molar-refractivity contribution is 5.93. The Morgan fingerprint density at radius 3 is 2.72 bits per heavy atom. The number of ether oxygens (including phenoxy) is 1. The van der Waals surface area contributed by atoms with Crippen molar-refractivity contribution in [2.75, 3.05) is 13.1 Å². The summed E-state index contributed by atoms with van der Waals surface area (Å²) in [6, 6.07) is 10.9. The summed E-state index contributed by atoms with van der Waals surface area (Å²) in [5, 5.41) is 6.92. The predicted molar refractivity (Wildman–Crippen MR) is 105 cm³/mol. The first kappa shape index (κ1) is 18.9. The maximum atomic E-state index is 13.1. The first-order valence-corrected chi connectivity index (χ1v) is 9.35. The molecule has 4 rings (SSSR count). The number of benzene rings is 1. The molecule has 1 atom stereocenters. The molecule has 2 aromatic heterocycles. The third-order valence-electron chi connectivity index (χ3n) is 5.16. The number of nitrogens with one attached hydrogen (secondary N) is 1. The molecule has 150 valence electrons. The number of pyridine rings is 1. The van der Waals surface area contributed by atoms with Gasteiger partial charge in [-0.3, -0.25) is 14.7 Å². The van der Waals surface area contributed by atoms with Gasteiger partial charge in [0.25, 0.3) is 11.5 Å². The molecule has 3 aromatic rings. The average molecular weight is 396 g/mol. The fraction of sp³-hybridized carbons (Fsp3) is 0.286. The zero-order valence-corrected chi connectivity index (χ0v) is 16.2. The minimum absolute atomic E-state index is 0.128. The molecule has 1 aliphatic heterocycles. The molecule has 8 heteroatoms. The number of aromatic nitrogens is 3. The monoisotopic (exact) mass is 396 g/mol. The van der Waals surface area contributed by atoms with Crippen molar-refractivity contribution >= 4 is 5.91 Å². The number of aromatic amines is 1. The van der Waals surface area contributed by atoms with Gasteiger partial charge in [0.1, 0.15) is 23.4 Å². The Bertz CT molecular complexity index is 1100. The lowest BCUT2D eigenvalue weighted by molar-refractivity contribution is 0.0766. The number of amides is 1. The number of hydrogen-bond donors (Lipinski definition) is 1. The highest BCUT2D eigenvalue weighted by atomic mass is 19.1. The van der Waals surface area contributed by atoms with Crippen LogP contribution in [0.1, 0.15) is 22.6 Å². The van der Waals surface area contributed by atoms with Crippen LogP contribution in [0.2, 0.25) is 0 Å². The third kappa shape index (κ3) is 3.91. The summed E-state index contributed by atoms with van der Waals surface area (Å²) in [6.07, 6.45) is 0.504. The van der Waals surface area contributed by atoms with Crippen LogP contribution in [0.25, 0.3) is 11.3 Å². The lowest BCUT2D eigenvalue weighted by Crippen LogP contribution is -2.31. The fourth-order valence-corrected chi connectivity index (χ4v) is 3.38. The van der Waals surface area contributed by atoms with Gasteiger partial charge in [0, 0.05) is 37.3 Å². The van der Waals surface area contributed by atoms with E-state index >= 15 is 0 Å². The van der Waals surface area contributed by atoms with Gasteiger partial charge in [-0.2, -0.15) is 5.10 Å². The van der Waals surface area contributed by atoms with Crippen molar-refractivity contribution in [1.29, 1.82) is 0 Å². The molecule has 1 saturated heterocycles. The van der Waals surface area contributed by atoms with Crippen molar-refractivity contribution in [3.63, 3.8) is 0 Å². The standard InChI is InChI=1S/C21H21FN4O3/c1-13-9-17(10-20(27)25(13)2)29-16-7-8-26(12-16)21(28)19-11-18(23-24-19)14-3-5-15(22)6-4-14/h3-6,9-11,16H,7-8,12H2,1-2H3,(H,23,24). The van der Waals surface area contributed by atoms with Crippen LogP contribution < -0.4 is 10.3 Å². The summed E-state index contributed by atoms with van der Waals surface area (Å²) < 4.78 is 20.6. The van der Waals surface area contributed by atoms with E-state index in [9.17, 15) is 14.0 Å². The normalized spacial score (nSPS) is 16.2. The molecular weight excluding hydrogens is 375 g/mol. The summed E-state index contributed by atoms with van der Waals surface area (Å²) in [6.45, 7) is 2.83. The van der Waals surface area contributed by atoms with E-state index in [0.717, 1.165) is 11.3 Å². The highest BCUT2D eigenvalue weighted by Crippen LogP contribution is 2.22. The minimum Gasteiger partial charge on any atom is -0.488 e. The first-order valence-electron chi connectivity index (χ1n) is 9.35. The van der Waals surface area contributed by atoms with Gasteiger partial charge < -0.3 is 14.2 Å². The zero-order chi connectivity index (χ0) is 20.5. The van der Waals surface area contributed by atoms with Gasteiger partial charge in [0.2, 0.25) is 0 Å². The predicted octanol–water partition coefficient (Wildman–Crippen LogP) is 2.52. The smallest absolute Gasteiger partial charge is 0.272 e. The largest absolute Gasteiger partial charge is 0.488 e. The Kier molecular flexibility index (Phi) is 4.92. The lowest BCUT2D eigenvalue weighted by Gasteiger charge is -2.17. The lowest BCUT2D eigenvalue weighted by atomic mass is 10.1. The van der Waals surface area contributed by atoms with E-state index in [4.69, 9.17) is 4.74 Å². The number of rotatable bonds is 4. The Morgan fingerprint density at radius 2 is 2.00 bits per heavy atom. The van der Waals surface area contributed by atoms with E-state index in [1.54, 1.807) is 34.7 Å². The molecule has 7 nitrogen and oxygen atoms in total. The second kappa shape index (κ2) is 7.54. The topological polar surface area (TPSA) is 80.2 Å². The number of likely N-dealkylation sites (tertiary alicyclic amines) is 1. The van der Waals surface area contributed by atoms with Gasteiger partial charge in [0.05, 0.1) is 12.2 Å². The van der Waals surface area contributed by atoms with E-state index in [-0.39, 0.29) is 23.4 Å². The van der Waals surface area contributed by atoms with Crippen LogP contribution in [0.15, 0.2) is 47.3 Å². The van der Waals surface area contributed by atoms with Crippen molar-refractivity contribution in [3.8, 4) is 17.0 Å². The van der Waals surface area contributed by atoms with Crippen LogP contribution in [0, 0.1) is 12.7 Å². The van der Waals surface area contributed by atoms with Gasteiger partial charge in [-0.1, -0.05) is 0 Å². The van der Waals surface area contributed by atoms with Crippen molar-refractivity contribution < 1.29 is 13.9 Å². The van der Waals surface area contributed by atoms with E-state index < -0.39 is 0 Å². The number of carbonyl (C=O) groups excluding carboxylic acids is 1. The molecule has 0 aliphatic carbocycles. The molecule has 0 saturated carbocycles. The highest BCUT2D eigenvalue weighted by Gasteiger charge is 2.29. The number of aryl methyl sites for hydroxylation is 1. The molecular formula is C21H21FN4O3. The number of hydrogen-bond acceptors (Lipinski definition) is 4. The van der Waals surface area contributed by atoms with E-state index in [1.807, 2.05) is 13.0 Å². The second-order valence-corrected chi connectivity index (χ2v) is 7.18. The maximum absolute atomic E-state index is 13.1. The quantitative estimate of drug-likeness (QED) is 0.735. The SMILES string of the molecule is Cc1cc(OC2CCN(C(=O)c3cc(-c4ccc(F)cc4)n[nH]3)C2)cc(=O)n1C. The molecule has 0 radical (unpaired) electrons. The molecule has 0 spiro atoms. The molecule has 3 heterocycles. The van der Waals surface area contributed by atoms with Gasteiger partial charge >= 0.3 is 0 Å². The molecule has 1 fully saturated rings. The van der Waals surface area contributed by atoms with Crippen LogP contribution in [0.4, 0.5) is 4.39 Å². The number of carbonyl (C=O) groups is 1. The Labute approximate surface area is 166 Å². The van der Waals surface area contributed by atoms with Crippen molar-refractivity contribution in [3.05, 3.63) is 70.0 Å². The van der Waals surface area contributed by atoms with Gasteiger partial charge in [0.15, 0.2) is 0 Å². The molecule has 1 aliphatic rings. The Balaban J connectivity index is 1.42.